The minimum atomic E-state index is -0.662. The van der Waals surface area contributed by atoms with Crippen molar-refractivity contribution < 1.29 is 9.59 Å². The van der Waals surface area contributed by atoms with Gasteiger partial charge in [-0.05, 0) is 26.8 Å². The summed E-state index contributed by atoms with van der Waals surface area (Å²) in [5.74, 6) is -0.359. The van der Waals surface area contributed by atoms with E-state index in [1.165, 1.54) is 6.20 Å². The number of amides is 2. The number of hydrogen-bond acceptors (Lipinski definition) is 4. The molecule has 0 radical (unpaired) electrons. The zero-order chi connectivity index (χ0) is 15.2. The average Bonchev–Trinajstić information content (AvgIpc) is 2.45. The van der Waals surface area contributed by atoms with E-state index in [0.717, 1.165) is 5.69 Å². The predicted octanol–water partition coefficient (Wildman–Crippen LogP) is 1.02. The summed E-state index contributed by atoms with van der Waals surface area (Å²) in [6, 6.07) is 1.75. The van der Waals surface area contributed by atoms with E-state index in [0.29, 0.717) is 12.1 Å². The Morgan fingerprint density at radius 2 is 2.05 bits per heavy atom. The fourth-order valence-corrected chi connectivity index (χ4v) is 1.74. The Morgan fingerprint density at radius 3 is 2.65 bits per heavy atom. The molecule has 0 unspecified atom stereocenters. The molecular formula is C14H22N4O2. The Morgan fingerprint density at radius 1 is 1.35 bits per heavy atom. The van der Waals surface area contributed by atoms with Gasteiger partial charge in [0, 0.05) is 32.5 Å². The highest BCUT2D eigenvalue weighted by Gasteiger charge is 2.27. The van der Waals surface area contributed by atoms with Crippen molar-refractivity contribution in [3.8, 4) is 0 Å². The molecule has 1 aromatic heterocycles. The SMILES string of the molecule is CCNc1ccncc1C(=O)NCC(C)(C)C(=O)NC. The minimum Gasteiger partial charge on any atom is -0.385 e. The van der Waals surface area contributed by atoms with E-state index in [1.54, 1.807) is 33.2 Å². The van der Waals surface area contributed by atoms with Crippen molar-refractivity contribution in [3.05, 3.63) is 24.0 Å². The molecular weight excluding hydrogens is 256 g/mol. The number of nitrogens with one attached hydrogen (secondary N) is 3. The highest BCUT2D eigenvalue weighted by Crippen LogP contribution is 2.16. The molecule has 0 atom stereocenters. The van der Waals surface area contributed by atoms with Crippen LogP contribution in [-0.2, 0) is 4.79 Å². The molecule has 0 spiro atoms. The van der Waals surface area contributed by atoms with Crippen LogP contribution in [0.5, 0.6) is 0 Å². The molecule has 2 amide bonds. The van der Waals surface area contributed by atoms with Crippen molar-refractivity contribution in [3.63, 3.8) is 0 Å². The summed E-state index contributed by atoms with van der Waals surface area (Å²) in [5, 5.41) is 8.47. The third-order valence-electron chi connectivity index (χ3n) is 2.97. The first kappa shape index (κ1) is 15.9. The number of aromatic nitrogens is 1. The molecule has 0 aliphatic heterocycles. The van der Waals surface area contributed by atoms with Gasteiger partial charge in [-0.2, -0.15) is 0 Å². The highest BCUT2D eigenvalue weighted by atomic mass is 16.2. The lowest BCUT2D eigenvalue weighted by Gasteiger charge is -2.23. The number of anilines is 1. The van der Waals surface area contributed by atoms with Gasteiger partial charge in [-0.3, -0.25) is 14.6 Å². The smallest absolute Gasteiger partial charge is 0.254 e. The molecule has 6 nitrogen and oxygen atoms in total. The Bertz CT molecular complexity index is 486. The van der Waals surface area contributed by atoms with Gasteiger partial charge in [0.1, 0.15) is 0 Å². The van der Waals surface area contributed by atoms with Crippen LogP contribution in [0.3, 0.4) is 0 Å². The molecule has 1 heterocycles. The van der Waals surface area contributed by atoms with Crippen LogP contribution in [0.4, 0.5) is 5.69 Å². The molecule has 0 aliphatic rings. The summed E-state index contributed by atoms with van der Waals surface area (Å²) < 4.78 is 0. The first-order chi connectivity index (χ1) is 9.42. The third-order valence-corrected chi connectivity index (χ3v) is 2.97. The van der Waals surface area contributed by atoms with Crippen LogP contribution in [0.1, 0.15) is 31.1 Å². The maximum absolute atomic E-state index is 12.2. The Hall–Kier alpha value is -2.11. The monoisotopic (exact) mass is 278 g/mol. The second-order valence-electron chi connectivity index (χ2n) is 5.10. The predicted molar refractivity (Wildman–Crippen MR) is 78.6 cm³/mol. The second kappa shape index (κ2) is 6.88. The van der Waals surface area contributed by atoms with E-state index in [-0.39, 0.29) is 18.4 Å². The quantitative estimate of drug-likeness (QED) is 0.725. The zero-order valence-electron chi connectivity index (χ0n) is 12.4. The van der Waals surface area contributed by atoms with Gasteiger partial charge >= 0.3 is 0 Å². The molecule has 1 aromatic rings. The van der Waals surface area contributed by atoms with E-state index in [4.69, 9.17) is 0 Å². The van der Waals surface area contributed by atoms with Crippen LogP contribution >= 0.6 is 0 Å². The highest BCUT2D eigenvalue weighted by molar-refractivity contribution is 5.99. The van der Waals surface area contributed by atoms with Crippen molar-refractivity contribution in [2.45, 2.75) is 20.8 Å². The molecule has 3 N–H and O–H groups in total. The second-order valence-corrected chi connectivity index (χ2v) is 5.10. The molecule has 0 aliphatic carbocycles. The van der Waals surface area contributed by atoms with Gasteiger partial charge < -0.3 is 16.0 Å². The molecule has 0 saturated carbocycles. The Kier molecular flexibility index (Phi) is 5.49. The lowest BCUT2D eigenvalue weighted by molar-refractivity contribution is -0.128. The fourth-order valence-electron chi connectivity index (χ4n) is 1.74. The van der Waals surface area contributed by atoms with Gasteiger partial charge in [0.05, 0.1) is 16.7 Å². The molecule has 6 heteroatoms. The summed E-state index contributed by atoms with van der Waals surface area (Å²) in [6.07, 6.45) is 3.14. The largest absolute Gasteiger partial charge is 0.385 e. The van der Waals surface area contributed by atoms with Crippen LogP contribution in [0.25, 0.3) is 0 Å². The molecule has 0 fully saturated rings. The number of carbonyl (C=O) groups is 2. The van der Waals surface area contributed by atoms with E-state index in [9.17, 15) is 9.59 Å². The zero-order valence-corrected chi connectivity index (χ0v) is 12.4. The first-order valence-corrected chi connectivity index (χ1v) is 6.60. The number of nitrogens with zero attached hydrogens (tertiary/aromatic N) is 1. The van der Waals surface area contributed by atoms with Gasteiger partial charge in [-0.1, -0.05) is 0 Å². The van der Waals surface area contributed by atoms with Gasteiger partial charge in [0.15, 0.2) is 0 Å². The molecule has 0 bridgehead atoms. The third kappa shape index (κ3) is 3.94. The van der Waals surface area contributed by atoms with Crippen molar-refractivity contribution in [1.82, 2.24) is 15.6 Å². The van der Waals surface area contributed by atoms with Crippen LogP contribution < -0.4 is 16.0 Å². The minimum absolute atomic E-state index is 0.115. The Labute approximate surface area is 119 Å². The normalized spacial score (nSPS) is 10.8. The van der Waals surface area contributed by atoms with Gasteiger partial charge in [-0.25, -0.2) is 0 Å². The van der Waals surface area contributed by atoms with Crippen molar-refractivity contribution in [2.75, 3.05) is 25.5 Å². The summed E-state index contributed by atoms with van der Waals surface area (Å²) in [6.45, 7) is 6.48. The van der Waals surface area contributed by atoms with E-state index < -0.39 is 5.41 Å². The molecule has 0 aromatic carbocycles. The number of carbonyl (C=O) groups excluding carboxylic acids is 2. The van der Waals surface area contributed by atoms with Crippen LogP contribution in [0, 0.1) is 5.41 Å². The van der Waals surface area contributed by atoms with E-state index in [1.807, 2.05) is 6.92 Å². The van der Waals surface area contributed by atoms with Gasteiger partial charge in [-0.15, -0.1) is 0 Å². The standard InChI is InChI=1S/C14H22N4O2/c1-5-17-11-6-7-16-8-10(11)12(19)18-9-14(2,3)13(20)15-4/h6-8H,5,9H2,1-4H3,(H,15,20)(H,16,17)(H,18,19). The maximum Gasteiger partial charge on any atom is 0.254 e. The van der Waals surface area contributed by atoms with Crippen LogP contribution in [0.2, 0.25) is 0 Å². The average molecular weight is 278 g/mol. The van der Waals surface area contributed by atoms with Crippen molar-refractivity contribution in [1.29, 1.82) is 0 Å². The lowest BCUT2D eigenvalue weighted by Crippen LogP contribution is -2.43. The fraction of sp³-hybridized carbons (Fsp3) is 0.500. The lowest BCUT2D eigenvalue weighted by atomic mass is 9.92. The molecule has 1 rings (SSSR count). The molecule has 20 heavy (non-hydrogen) atoms. The number of hydrogen-bond donors (Lipinski definition) is 3. The first-order valence-electron chi connectivity index (χ1n) is 6.60. The number of rotatable bonds is 6. The maximum atomic E-state index is 12.2. The van der Waals surface area contributed by atoms with Crippen molar-refractivity contribution >= 4 is 17.5 Å². The molecule has 110 valence electrons. The number of pyridine rings is 1. The van der Waals surface area contributed by atoms with E-state index >= 15 is 0 Å². The summed E-state index contributed by atoms with van der Waals surface area (Å²) in [7, 11) is 1.58. The van der Waals surface area contributed by atoms with E-state index in [2.05, 4.69) is 20.9 Å². The summed E-state index contributed by atoms with van der Waals surface area (Å²) in [5.41, 5.74) is 0.546. The van der Waals surface area contributed by atoms with Crippen LogP contribution in [-0.4, -0.2) is 36.9 Å². The van der Waals surface area contributed by atoms with Crippen molar-refractivity contribution in [2.24, 2.45) is 5.41 Å². The summed E-state index contributed by atoms with van der Waals surface area (Å²) in [4.78, 5) is 27.8. The molecule has 0 saturated heterocycles. The summed E-state index contributed by atoms with van der Waals surface area (Å²) >= 11 is 0. The van der Waals surface area contributed by atoms with Gasteiger partial charge in [0.2, 0.25) is 5.91 Å². The Balaban J connectivity index is 2.75. The topological polar surface area (TPSA) is 83.1 Å². The van der Waals surface area contributed by atoms with Gasteiger partial charge in [0.25, 0.3) is 5.91 Å². The van der Waals surface area contributed by atoms with Crippen LogP contribution in [0.15, 0.2) is 18.5 Å².